The van der Waals surface area contributed by atoms with E-state index in [4.69, 9.17) is 9.84 Å². The van der Waals surface area contributed by atoms with E-state index in [-0.39, 0.29) is 22.6 Å². The number of aliphatic carboxylic acids is 1. The summed E-state index contributed by atoms with van der Waals surface area (Å²) in [6.07, 6.45) is 5.17. The quantitative estimate of drug-likeness (QED) is 0.252. The zero-order chi connectivity index (χ0) is 26.0. The van der Waals surface area contributed by atoms with E-state index in [0.717, 1.165) is 18.5 Å². The van der Waals surface area contributed by atoms with Gasteiger partial charge in [-0.1, -0.05) is 33.6 Å². The molecule has 0 amide bonds. The summed E-state index contributed by atoms with van der Waals surface area (Å²) in [6, 6.07) is 4.35. The monoisotopic (exact) mass is 505 g/mol. The van der Waals surface area contributed by atoms with E-state index < -0.39 is 32.4 Å². The van der Waals surface area contributed by atoms with Crippen LogP contribution in [0.4, 0.5) is 5.69 Å². The summed E-state index contributed by atoms with van der Waals surface area (Å²) >= 11 is 0. The zero-order valence-corrected chi connectivity index (χ0v) is 21.0. The van der Waals surface area contributed by atoms with Crippen LogP contribution in [-0.2, 0) is 20.3 Å². The summed E-state index contributed by atoms with van der Waals surface area (Å²) in [7, 11) is -4.42. The highest BCUT2D eigenvalue weighted by Crippen LogP contribution is 2.49. The van der Waals surface area contributed by atoms with Gasteiger partial charge in [0.15, 0.2) is 5.75 Å². The van der Waals surface area contributed by atoms with Crippen molar-refractivity contribution in [3.8, 4) is 5.75 Å². The Labute approximate surface area is 204 Å². The van der Waals surface area contributed by atoms with E-state index in [0.29, 0.717) is 43.7 Å². The third-order valence-corrected chi connectivity index (χ3v) is 7.21. The molecule has 1 heterocycles. The van der Waals surface area contributed by atoms with E-state index >= 15 is 0 Å². The lowest BCUT2D eigenvalue weighted by molar-refractivity contribution is -0.137. The summed E-state index contributed by atoms with van der Waals surface area (Å²) in [5.74, 6) is -0.811. The SMILES string of the molecule is CCCCOc1c(/C=C2\N(CCCCCC(=O)O)c3ccc(S(=O)(=O)O)cc3C2(C)C)c(=O)c1=O. The topological polar surface area (TPSA) is 138 Å². The van der Waals surface area contributed by atoms with Crippen LogP contribution in [0.15, 0.2) is 38.4 Å². The van der Waals surface area contributed by atoms with Crippen LogP contribution in [0.1, 0.15) is 70.4 Å². The second-order valence-corrected chi connectivity index (χ2v) is 10.7. The van der Waals surface area contributed by atoms with Crippen molar-refractivity contribution in [1.29, 1.82) is 0 Å². The van der Waals surface area contributed by atoms with Crippen molar-refractivity contribution in [2.75, 3.05) is 18.1 Å². The number of benzene rings is 1. The first-order valence-electron chi connectivity index (χ1n) is 11.7. The molecule has 3 rings (SSSR count). The Bertz CT molecular complexity index is 1320. The van der Waals surface area contributed by atoms with Gasteiger partial charge in [-0.2, -0.15) is 8.42 Å². The molecule has 1 aliphatic rings. The highest BCUT2D eigenvalue weighted by Gasteiger charge is 2.41. The molecule has 0 fully saturated rings. The number of carboxylic acids is 1. The summed E-state index contributed by atoms with van der Waals surface area (Å²) in [5, 5.41) is 8.87. The van der Waals surface area contributed by atoms with Gasteiger partial charge in [0.05, 0.1) is 17.1 Å². The van der Waals surface area contributed by atoms with E-state index in [1.165, 1.54) is 12.1 Å². The first kappa shape index (κ1) is 26.6. The highest BCUT2D eigenvalue weighted by molar-refractivity contribution is 7.85. The molecule has 0 spiro atoms. The molecule has 0 radical (unpaired) electrons. The molecule has 0 aromatic heterocycles. The number of nitrogens with zero attached hydrogens (tertiary/aromatic N) is 1. The molecule has 9 nitrogen and oxygen atoms in total. The molecule has 0 saturated heterocycles. The van der Waals surface area contributed by atoms with Gasteiger partial charge in [0.25, 0.3) is 15.5 Å². The molecule has 35 heavy (non-hydrogen) atoms. The predicted molar refractivity (Wildman–Crippen MR) is 132 cm³/mol. The molecule has 0 unspecified atom stereocenters. The lowest BCUT2D eigenvalue weighted by Gasteiger charge is -2.28. The average molecular weight is 506 g/mol. The molecule has 0 saturated carbocycles. The molecule has 0 bridgehead atoms. The van der Waals surface area contributed by atoms with Gasteiger partial charge in [-0.15, -0.1) is 0 Å². The molecule has 2 aromatic carbocycles. The molecule has 190 valence electrons. The number of carboxylic acid groups (broad SMARTS) is 1. The van der Waals surface area contributed by atoms with Crippen molar-refractivity contribution < 1.29 is 27.6 Å². The summed E-state index contributed by atoms with van der Waals surface area (Å²) < 4.78 is 38.7. The van der Waals surface area contributed by atoms with E-state index in [9.17, 15) is 27.4 Å². The standard InChI is InChI=1S/C25H31NO8S/c1-4-5-13-34-24-17(22(29)23(24)30)15-20-25(2,3)18-14-16(35(31,32)33)10-11-19(18)26(20)12-8-6-7-9-21(27)28/h10-11,14-15H,4-9,12-13H2,1-3H3,(H,27,28)(H,31,32,33)/b20-15-. The van der Waals surface area contributed by atoms with Gasteiger partial charge in [-0.25, -0.2) is 0 Å². The largest absolute Gasteiger partial charge is 0.489 e. The normalized spacial score (nSPS) is 16.1. The van der Waals surface area contributed by atoms with Crippen molar-refractivity contribution in [3.63, 3.8) is 0 Å². The predicted octanol–water partition coefficient (Wildman–Crippen LogP) is 3.49. The first-order valence-corrected chi connectivity index (χ1v) is 13.1. The van der Waals surface area contributed by atoms with Gasteiger partial charge in [0.2, 0.25) is 5.43 Å². The first-order chi connectivity index (χ1) is 16.4. The van der Waals surface area contributed by atoms with Gasteiger partial charge >= 0.3 is 5.97 Å². The van der Waals surface area contributed by atoms with Crippen LogP contribution in [0.25, 0.3) is 6.08 Å². The second-order valence-electron chi connectivity index (χ2n) is 9.27. The van der Waals surface area contributed by atoms with Crippen LogP contribution in [0.5, 0.6) is 5.75 Å². The molecular formula is C25H31NO8S. The van der Waals surface area contributed by atoms with E-state index in [1.54, 1.807) is 12.1 Å². The number of allylic oxidation sites excluding steroid dienone is 1. The van der Waals surface area contributed by atoms with E-state index in [1.807, 2.05) is 25.7 Å². The van der Waals surface area contributed by atoms with Crippen LogP contribution >= 0.6 is 0 Å². The van der Waals surface area contributed by atoms with Crippen LogP contribution in [-0.4, -0.2) is 37.2 Å². The lowest BCUT2D eigenvalue weighted by atomic mass is 9.83. The maximum absolute atomic E-state index is 12.4. The Kier molecular flexibility index (Phi) is 7.86. The molecule has 10 heteroatoms. The summed E-state index contributed by atoms with van der Waals surface area (Å²) in [6.45, 7) is 6.56. The van der Waals surface area contributed by atoms with Gasteiger partial charge in [0, 0.05) is 29.8 Å². The fourth-order valence-corrected chi connectivity index (χ4v) is 4.86. The third-order valence-electron chi connectivity index (χ3n) is 6.36. The number of fused-ring (bicyclic) bond motifs is 1. The van der Waals surface area contributed by atoms with Crippen LogP contribution in [0, 0.1) is 0 Å². The third kappa shape index (κ3) is 5.48. The van der Waals surface area contributed by atoms with Crippen LogP contribution in [0.3, 0.4) is 0 Å². The van der Waals surface area contributed by atoms with Crippen molar-refractivity contribution in [2.24, 2.45) is 0 Å². The number of unbranched alkanes of at least 4 members (excludes halogenated alkanes) is 3. The Morgan fingerprint density at radius 3 is 2.46 bits per heavy atom. The number of hydrogen-bond donors (Lipinski definition) is 2. The number of ether oxygens (including phenoxy) is 1. The number of rotatable bonds is 12. The van der Waals surface area contributed by atoms with Gasteiger partial charge in [-0.3, -0.25) is 18.9 Å². The van der Waals surface area contributed by atoms with Gasteiger partial charge in [0.1, 0.15) is 0 Å². The number of hydrogen-bond acceptors (Lipinski definition) is 7. The summed E-state index contributed by atoms with van der Waals surface area (Å²) in [4.78, 5) is 37.1. The Morgan fingerprint density at radius 2 is 1.83 bits per heavy atom. The Hall–Kier alpha value is -2.98. The molecule has 0 atom stereocenters. The Morgan fingerprint density at radius 1 is 1.11 bits per heavy atom. The second kappa shape index (κ2) is 10.3. The Balaban J connectivity index is 2.02. The van der Waals surface area contributed by atoms with Crippen molar-refractivity contribution in [3.05, 3.63) is 55.5 Å². The van der Waals surface area contributed by atoms with Crippen LogP contribution in [0.2, 0.25) is 0 Å². The maximum Gasteiger partial charge on any atom is 0.303 e. The van der Waals surface area contributed by atoms with Crippen molar-refractivity contribution in [1.82, 2.24) is 0 Å². The number of carbonyl (C=O) groups is 1. The van der Waals surface area contributed by atoms with Crippen molar-refractivity contribution >= 4 is 27.9 Å². The van der Waals surface area contributed by atoms with Crippen LogP contribution < -0.4 is 20.5 Å². The minimum Gasteiger partial charge on any atom is -0.489 e. The maximum atomic E-state index is 12.4. The molecule has 1 aliphatic heterocycles. The zero-order valence-electron chi connectivity index (χ0n) is 20.2. The van der Waals surface area contributed by atoms with Gasteiger partial charge < -0.3 is 14.7 Å². The minimum atomic E-state index is -4.42. The summed E-state index contributed by atoms with van der Waals surface area (Å²) in [5.41, 5.74) is 0.206. The lowest BCUT2D eigenvalue weighted by Crippen LogP contribution is -2.36. The highest BCUT2D eigenvalue weighted by atomic mass is 32.2. The molecular weight excluding hydrogens is 474 g/mol. The molecule has 2 N–H and O–H groups in total. The fourth-order valence-electron chi connectivity index (χ4n) is 4.36. The molecule has 2 aromatic rings. The minimum absolute atomic E-state index is 0.0442. The smallest absolute Gasteiger partial charge is 0.303 e. The average Bonchev–Trinajstić information content (AvgIpc) is 3.00. The fraction of sp³-hybridized carbons (Fsp3) is 0.480. The molecule has 0 aliphatic carbocycles. The van der Waals surface area contributed by atoms with Crippen molar-refractivity contribution in [2.45, 2.75) is 69.6 Å². The van der Waals surface area contributed by atoms with E-state index in [2.05, 4.69) is 0 Å². The number of anilines is 1. The van der Waals surface area contributed by atoms with Gasteiger partial charge in [-0.05, 0) is 49.1 Å².